The Balaban J connectivity index is 1.57. The van der Waals surface area contributed by atoms with Crippen LogP contribution < -0.4 is 15.8 Å². The number of aromatic nitrogens is 2. The van der Waals surface area contributed by atoms with Crippen LogP contribution in [0.3, 0.4) is 0 Å². The lowest BCUT2D eigenvalue weighted by molar-refractivity contribution is 0.0939. The number of nitriles is 1. The number of hydrogen-bond donors (Lipinski definition) is 2. The van der Waals surface area contributed by atoms with Gasteiger partial charge < -0.3 is 15.8 Å². The molecule has 10 heteroatoms. The fourth-order valence-electron chi connectivity index (χ4n) is 3.60. The number of nitrogens with two attached hydrogens (primary N) is 1. The van der Waals surface area contributed by atoms with Gasteiger partial charge in [0, 0.05) is 12.1 Å². The van der Waals surface area contributed by atoms with Crippen LogP contribution in [0.1, 0.15) is 27.2 Å². The molecule has 3 aromatic rings. The van der Waals surface area contributed by atoms with Crippen LogP contribution in [-0.4, -0.2) is 34.9 Å². The van der Waals surface area contributed by atoms with Crippen molar-refractivity contribution in [1.82, 2.24) is 15.1 Å². The van der Waals surface area contributed by atoms with Gasteiger partial charge in [-0.2, -0.15) is 10.4 Å². The molecule has 160 valence electrons. The zero-order chi connectivity index (χ0) is 22.0. The normalized spacial score (nSPS) is 13.4. The van der Waals surface area contributed by atoms with Crippen LogP contribution in [0, 0.1) is 23.0 Å². The van der Waals surface area contributed by atoms with Crippen molar-refractivity contribution in [3.8, 4) is 22.4 Å². The molecule has 0 aliphatic carbocycles. The lowest BCUT2D eigenvalue weighted by atomic mass is 10.0. The number of hydrogen-bond acceptors (Lipinski definition) is 6. The van der Waals surface area contributed by atoms with E-state index in [0.29, 0.717) is 58.4 Å². The van der Waals surface area contributed by atoms with Gasteiger partial charge in [-0.1, -0.05) is 11.3 Å². The summed E-state index contributed by atoms with van der Waals surface area (Å²) in [4.78, 5) is 13.3. The summed E-state index contributed by atoms with van der Waals surface area (Å²) >= 11 is 1.18. The maximum atomic E-state index is 13.5. The number of benzene rings is 1. The number of thiophene rings is 1. The standard InChI is InChI=1S/C21H19F2N5O2S/c22-14-5-12(6-15(23)8-14)7-16(1-2-24)27-20(29)18-9-17-19-13(10-25)11-26-28(19)3-4-30-21(17)31-18/h5-6,8-9,11,16H,1-4,7,24H2,(H,27,29)/t16-/m1/s1. The van der Waals surface area contributed by atoms with Crippen LogP contribution in [0.25, 0.3) is 11.3 Å². The molecule has 0 bridgehead atoms. The van der Waals surface area contributed by atoms with Crippen LogP contribution in [0.2, 0.25) is 0 Å². The van der Waals surface area contributed by atoms with Gasteiger partial charge in [0.15, 0.2) is 5.06 Å². The van der Waals surface area contributed by atoms with Crippen molar-refractivity contribution in [2.45, 2.75) is 25.4 Å². The minimum absolute atomic E-state index is 0.241. The van der Waals surface area contributed by atoms with Crippen molar-refractivity contribution < 1.29 is 18.3 Å². The molecule has 0 spiro atoms. The highest BCUT2D eigenvalue weighted by Gasteiger charge is 2.26. The number of rotatable bonds is 6. The Labute approximate surface area is 181 Å². The van der Waals surface area contributed by atoms with Gasteiger partial charge in [-0.15, -0.1) is 0 Å². The highest BCUT2D eigenvalue weighted by Crippen LogP contribution is 2.41. The van der Waals surface area contributed by atoms with E-state index < -0.39 is 17.7 Å². The molecular formula is C21H19F2N5O2S. The van der Waals surface area contributed by atoms with Crippen molar-refractivity contribution >= 4 is 17.2 Å². The summed E-state index contributed by atoms with van der Waals surface area (Å²) in [6, 6.07) is 6.68. The smallest absolute Gasteiger partial charge is 0.261 e. The minimum atomic E-state index is -0.670. The number of nitrogens with zero attached hydrogens (tertiary/aromatic N) is 3. The quantitative estimate of drug-likeness (QED) is 0.609. The van der Waals surface area contributed by atoms with Crippen LogP contribution in [0.4, 0.5) is 8.78 Å². The Morgan fingerprint density at radius 3 is 2.84 bits per heavy atom. The molecular weight excluding hydrogens is 424 g/mol. The molecule has 4 rings (SSSR count). The summed E-state index contributed by atoms with van der Waals surface area (Å²) < 4.78 is 34.5. The Bertz CT molecular complexity index is 1150. The van der Waals surface area contributed by atoms with Gasteiger partial charge in [-0.3, -0.25) is 9.48 Å². The van der Waals surface area contributed by atoms with E-state index in [1.165, 1.54) is 29.7 Å². The molecule has 0 saturated carbocycles. The first-order chi connectivity index (χ1) is 15.0. The van der Waals surface area contributed by atoms with Gasteiger partial charge in [0.05, 0.1) is 34.4 Å². The van der Waals surface area contributed by atoms with E-state index >= 15 is 0 Å². The largest absolute Gasteiger partial charge is 0.481 e. The number of ether oxygens (including phenoxy) is 1. The maximum Gasteiger partial charge on any atom is 0.261 e. The van der Waals surface area contributed by atoms with Gasteiger partial charge in [-0.25, -0.2) is 8.78 Å². The molecule has 0 unspecified atom stereocenters. The summed E-state index contributed by atoms with van der Waals surface area (Å²) in [6.45, 7) is 1.18. The minimum Gasteiger partial charge on any atom is -0.481 e. The summed E-state index contributed by atoms with van der Waals surface area (Å²) in [5, 5.41) is 17.0. The van der Waals surface area contributed by atoms with E-state index in [1.54, 1.807) is 10.7 Å². The van der Waals surface area contributed by atoms with Gasteiger partial charge in [0.25, 0.3) is 5.91 Å². The zero-order valence-electron chi connectivity index (χ0n) is 16.4. The fraction of sp³-hybridized carbons (Fsp3) is 0.286. The molecule has 0 fully saturated rings. The average molecular weight is 443 g/mol. The van der Waals surface area contributed by atoms with Crippen molar-refractivity contribution in [3.05, 3.63) is 58.1 Å². The van der Waals surface area contributed by atoms with Gasteiger partial charge >= 0.3 is 0 Å². The van der Waals surface area contributed by atoms with Gasteiger partial charge in [-0.05, 0) is 43.1 Å². The molecule has 0 saturated heterocycles. The molecule has 2 aromatic heterocycles. The Kier molecular flexibility index (Phi) is 5.97. The van der Waals surface area contributed by atoms with Crippen molar-refractivity contribution in [1.29, 1.82) is 5.26 Å². The van der Waals surface area contributed by atoms with E-state index in [-0.39, 0.29) is 12.3 Å². The van der Waals surface area contributed by atoms with Crippen molar-refractivity contribution in [2.24, 2.45) is 5.73 Å². The number of nitrogens with one attached hydrogen (secondary N) is 1. The summed E-state index contributed by atoms with van der Waals surface area (Å²) in [5.41, 5.74) is 7.78. The SMILES string of the molecule is N#Cc1cnn2c1-c1cc(C(=O)N[C@H](CCN)Cc3cc(F)cc(F)c3)sc1OCC2. The third kappa shape index (κ3) is 4.42. The third-order valence-electron chi connectivity index (χ3n) is 4.93. The van der Waals surface area contributed by atoms with E-state index in [2.05, 4.69) is 16.5 Å². The summed E-state index contributed by atoms with van der Waals surface area (Å²) in [7, 11) is 0. The molecule has 1 amide bonds. The predicted octanol–water partition coefficient (Wildman–Crippen LogP) is 2.84. The van der Waals surface area contributed by atoms with E-state index in [1.807, 2.05) is 0 Å². The molecule has 3 heterocycles. The number of fused-ring (bicyclic) bond motifs is 3. The Morgan fingerprint density at radius 2 is 2.13 bits per heavy atom. The molecule has 31 heavy (non-hydrogen) atoms. The summed E-state index contributed by atoms with van der Waals surface area (Å²) in [5.74, 6) is -1.68. The topological polar surface area (TPSA) is 106 Å². The highest BCUT2D eigenvalue weighted by molar-refractivity contribution is 7.16. The second-order valence-electron chi connectivity index (χ2n) is 7.13. The number of amides is 1. The highest BCUT2D eigenvalue weighted by atomic mass is 32.1. The third-order valence-corrected chi connectivity index (χ3v) is 5.97. The fourth-order valence-corrected chi connectivity index (χ4v) is 4.54. The van der Waals surface area contributed by atoms with Crippen LogP contribution >= 0.6 is 11.3 Å². The molecule has 1 aliphatic heterocycles. The molecule has 0 radical (unpaired) electrons. The Hall–Kier alpha value is -3.29. The first-order valence-corrected chi connectivity index (χ1v) is 10.5. The van der Waals surface area contributed by atoms with Crippen molar-refractivity contribution in [2.75, 3.05) is 13.2 Å². The van der Waals surface area contributed by atoms with Crippen LogP contribution in [0.15, 0.2) is 30.5 Å². The molecule has 1 aliphatic rings. The van der Waals surface area contributed by atoms with Crippen molar-refractivity contribution in [3.63, 3.8) is 0 Å². The van der Waals surface area contributed by atoms with E-state index in [9.17, 15) is 18.8 Å². The van der Waals surface area contributed by atoms with Crippen LogP contribution in [0.5, 0.6) is 5.06 Å². The maximum absolute atomic E-state index is 13.5. The first-order valence-electron chi connectivity index (χ1n) is 9.67. The van der Waals surface area contributed by atoms with E-state index in [4.69, 9.17) is 10.5 Å². The molecule has 3 N–H and O–H groups in total. The Morgan fingerprint density at radius 1 is 1.35 bits per heavy atom. The molecule has 1 aromatic carbocycles. The van der Waals surface area contributed by atoms with Gasteiger partial charge in [0.2, 0.25) is 0 Å². The lowest BCUT2D eigenvalue weighted by Gasteiger charge is -2.18. The van der Waals surface area contributed by atoms with E-state index in [0.717, 1.165) is 6.07 Å². The average Bonchev–Trinajstić information content (AvgIpc) is 3.27. The van der Waals surface area contributed by atoms with Gasteiger partial charge in [0.1, 0.15) is 24.3 Å². The molecule has 7 nitrogen and oxygen atoms in total. The summed E-state index contributed by atoms with van der Waals surface area (Å²) in [6.07, 6.45) is 2.18. The second kappa shape index (κ2) is 8.83. The number of carbonyl (C=O) groups is 1. The zero-order valence-corrected chi connectivity index (χ0v) is 17.2. The molecule has 1 atom stereocenters. The second-order valence-corrected chi connectivity index (χ2v) is 8.15. The van der Waals surface area contributed by atoms with Crippen LogP contribution in [-0.2, 0) is 13.0 Å². The predicted molar refractivity (Wildman–Crippen MR) is 111 cm³/mol. The lowest BCUT2D eigenvalue weighted by Crippen LogP contribution is -2.37. The monoisotopic (exact) mass is 443 g/mol. The first kappa shape index (κ1) is 21.0. The number of halogens is 2. The number of carbonyl (C=O) groups excluding carboxylic acids is 1.